The molecule has 3 rings (SSSR count). The number of ether oxygens (including phenoxy) is 1. The Kier molecular flexibility index (Phi) is 2.32. The predicted octanol–water partition coefficient (Wildman–Crippen LogP) is 2.22. The maximum absolute atomic E-state index is 11.7. The fourth-order valence-electron chi connectivity index (χ4n) is 3.79. The summed E-state index contributed by atoms with van der Waals surface area (Å²) in [6.07, 6.45) is 9.16. The lowest BCUT2D eigenvalue weighted by Crippen LogP contribution is -2.48. The SMILES string of the molecule is O=C(O)[C@@]1([C@H]2CCCCO2)C[C@H]2C=C[C@H]1C2. The number of carbonyl (C=O) groups is 1. The molecule has 16 heavy (non-hydrogen) atoms. The number of carboxylic acids is 1. The summed E-state index contributed by atoms with van der Waals surface area (Å²) in [6, 6.07) is 0. The molecule has 0 aromatic rings. The highest BCUT2D eigenvalue weighted by atomic mass is 16.5. The third-order valence-corrected chi connectivity index (χ3v) is 4.59. The first-order chi connectivity index (χ1) is 7.73. The summed E-state index contributed by atoms with van der Waals surface area (Å²) in [4.78, 5) is 11.7. The molecule has 3 heteroatoms. The van der Waals surface area contributed by atoms with Crippen LogP contribution in [0.15, 0.2) is 12.2 Å². The van der Waals surface area contributed by atoms with Crippen molar-refractivity contribution in [1.82, 2.24) is 0 Å². The minimum absolute atomic E-state index is 0.0568. The molecule has 1 saturated carbocycles. The first-order valence-corrected chi connectivity index (χ1v) is 6.27. The Balaban J connectivity index is 1.91. The zero-order valence-electron chi connectivity index (χ0n) is 9.39. The molecular weight excluding hydrogens is 204 g/mol. The van der Waals surface area contributed by atoms with Crippen molar-refractivity contribution in [3.8, 4) is 0 Å². The van der Waals surface area contributed by atoms with Gasteiger partial charge in [-0.25, -0.2) is 0 Å². The Morgan fingerprint density at radius 1 is 1.38 bits per heavy atom. The molecule has 4 atom stereocenters. The molecule has 1 saturated heterocycles. The van der Waals surface area contributed by atoms with E-state index in [0.29, 0.717) is 5.92 Å². The van der Waals surface area contributed by atoms with E-state index in [9.17, 15) is 9.90 Å². The van der Waals surface area contributed by atoms with Crippen LogP contribution in [0, 0.1) is 17.3 Å². The maximum Gasteiger partial charge on any atom is 0.312 e. The first kappa shape index (κ1) is 10.3. The van der Waals surface area contributed by atoms with Crippen molar-refractivity contribution in [3.05, 3.63) is 12.2 Å². The van der Waals surface area contributed by atoms with Gasteiger partial charge in [0.2, 0.25) is 0 Å². The van der Waals surface area contributed by atoms with E-state index in [1.165, 1.54) is 0 Å². The van der Waals surface area contributed by atoms with Gasteiger partial charge >= 0.3 is 5.97 Å². The zero-order chi connectivity index (χ0) is 11.2. The summed E-state index contributed by atoms with van der Waals surface area (Å²) >= 11 is 0. The molecule has 1 heterocycles. The van der Waals surface area contributed by atoms with Gasteiger partial charge in [0.15, 0.2) is 0 Å². The molecule has 2 fully saturated rings. The molecule has 3 aliphatic rings. The fraction of sp³-hybridized carbons (Fsp3) is 0.769. The van der Waals surface area contributed by atoms with E-state index < -0.39 is 11.4 Å². The molecule has 0 spiro atoms. The Morgan fingerprint density at radius 2 is 2.25 bits per heavy atom. The van der Waals surface area contributed by atoms with Crippen LogP contribution in [-0.2, 0) is 9.53 Å². The quantitative estimate of drug-likeness (QED) is 0.729. The van der Waals surface area contributed by atoms with E-state index in [0.717, 1.165) is 38.7 Å². The van der Waals surface area contributed by atoms with Crippen LogP contribution in [0.5, 0.6) is 0 Å². The van der Waals surface area contributed by atoms with E-state index in [2.05, 4.69) is 12.2 Å². The summed E-state index contributed by atoms with van der Waals surface area (Å²) in [7, 11) is 0. The second-order valence-corrected chi connectivity index (χ2v) is 5.39. The highest BCUT2D eigenvalue weighted by Crippen LogP contribution is 2.56. The van der Waals surface area contributed by atoms with Crippen LogP contribution in [0.25, 0.3) is 0 Å². The second kappa shape index (κ2) is 3.59. The summed E-state index contributed by atoms with van der Waals surface area (Å²) in [6.45, 7) is 0.737. The molecule has 0 unspecified atom stereocenters. The van der Waals surface area contributed by atoms with Gasteiger partial charge in [0.05, 0.1) is 6.10 Å². The largest absolute Gasteiger partial charge is 0.481 e. The molecular formula is C13H18O3. The summed E-state index contributed by atoms with van der Waals surface area (Å²) in [5.74, 6) is 0.0426. The van der Waals surface area contributed by atoms with E-state index >= 15 is 0 Å². The topological polar surface area (TPSA) is 46.5 Å². The molecule has 1 aliphatic heterocycles. The first-order valence-electron chi connectivity index (χ1n) is 6.27. The van der Waals surface area contributed by atoms with Crippen LogP contribution in [0.2, 0.25) is 0 Å². The molecule has 3 nitrogen and oxygen atoms in total. The van der Waals surface area contributed by atoms with E-state index in [1.54, 1.807) is 0 Å². The Morgan fingerprint density at radius 3 is 2.75 bits per heavy atom. The van der Waals surface area contributed by atoms with Crippen LogP contribution >= 0.6 is 0 Å². The van der Waals surface area contributed by atoms with E-state index in [4.69, 9.17) is 4.74 Å². The lowest BCUT2D eigenvalue weighted by Gasteiger charge is -2.40. The number of aliphatic carboxylic acids is 1. The number of carboxylic acid groups (broad SMARTS) is 1. The van der Waals surface area contributed by atoms with Crippen molar-refractivity contribution in [1.29, 1.82) is 0 Å². The molecule has 0 aromatic heterocycles. The van der Waals surface area contributed by atoms with Crippen LogP contribution in [0.1, 0.15) is 32.1 Å². The smallest absolute Gasteiger partial charge is 0.312 e. The lowest BCUT2D eigenvalue weighted by molar-refractivity contribution is -0.166. The highest BCUT2D eigenvalue weighted by Gasteiger charge is 2.58. The number of hydrogen-bond acceptors (Lipinski definition) is 2. The van der Waals surface area contributed by atoms with Gasteiger partial charge in [-0.1, -0.05) is 12.2 Å². The number of rotatable bonds is 2. The average molecular weight is 222 g/mol. The van der Waals surface area contributed by atoms with Gasteiger partial charge in [-0.15, -0.1) is 0 Å². The molecule has 0 radical (unpaired) electrons. The van der Waals surface area contributed by atoms with Crippen LogP contribution < -0.4 is 0 Å². The Labute approximate surface area is 95.5 Å². The van der Waals surface area contributed by atoms with Gasteiger partial charge in [-0.3, -0.25) is 4.79 Å². The van der Waals surface area contributed by atoms with Crippen molar-refractivity contribution in [2.24, 2.45) is 17.3 Å². The predicted molar refractivity (Wildman–Crippen MR) is 59.0 cm³/mol. The van der Waals surface area contributed by atoms with Gasteiger partial charge in [0, 0.05) is 6.61 Å². The van der Waals surface area contributed by atoms with E-state index in [-0.39, 0.29) is 12.0 Å². The minimum atomic E-state index is -0.642. The van der Waals surface area contributed by atoms with Crippen molar-refractivity contribution < 1.29 is 14.6 Å². The molecule has 88 valence electrons. The standard InChI is InChI=1S/C13H18O3/c14-12(15)13(11-3-1-2-6-16-11)8-9-4-5-10(13)7-9/h4-5,9-11H,1-3,6-8H2,(H,14,15)/t9-,10-,11+,13-/m0/s1. The molecule has 2 bridgehead atoms. The van der Waals surface area contributed by atoms with Crippen molar-refractivity contribution in [2.45, 2.75) is 38.2 Å². The lowest BCUT2D eigenvalue weighted by atomic mass is 9.69. The third kappa shape index (κ3) is 1.27. The second-order valence-electron chi connectivity index (χ2n) is 5.39. The normalized spacial score (nSPS) is 46.1. The van der Waals surface area contributed by atoms with Gasteiger partial charge in [-0.2, -0.15) is 0 Å². The van der Waals surface area contributed by atoms with Crippen LogP contribution in [-0.4, -0.2) is 23.8 Å². The van der Waals surface area contributed by atoms with E-state index in [1.807, 2.05) is 0 Å². The number of fused-ring (bicyclic) bond motifs is 2. The summed E-state index contributed by atoms with van der Waals surface area (Å²) in [5.41, 5.74) is -0.611. The van der Waals surface area contributed by atoms with Crippen LogP contribution in [0.4, 0.5) is 0 Å². The zero-order valence-corrected chi connectivity index (χ0v) is 9.39. The number of allylic oxidation sites excluding steroid dienone is 2. The van der Waals surface area contributed by atoms with Gasteiger partial charge in [0.25, 0.3) is 0 Å². The number of hydrogen-bond donors (Lipinski definition) is 1. The molecule has 0 aromatic carbocycles. The monoisotopic (exact) mass is 222 g/mol. The Bertz CT molecular complexity index is 330. The fourth-order valence-corrected chi connectivity index (χ4v) is 3.79. The Hall–Kier alpha value is -0.830. The van der Waals surface area contributed by atoms with Crippen molar-refractivity contribution >= 4 is 5.97 Å². The summed E-state index contributed by atoms with van der Waals surface area (Å²) in [5, 5.41) is 9.62. The van der Waals surface area contributed by atoms with Crippen LogP contribution in [0.3, 0.4) is 0 Å². The minimum Gasteiger partial charge on any atom is -0.481 e. The third-order valence-electron chi connectivity index (χ3n) is 4.59. The molecule has 0 amide bonds. The van der Waals surface area contributed by atoms with Gasteiger partial charge in [0.1, 0.15) is 5.41 Å². The average Bonchev–Trinajstić information content (AvgIpc) is 2.90. The highest BCUT2D eigenvalue weighted by molar-refractivity contribution is 5.77. The maximum atomic E-state index is 11.7. The summed E-state index contributed by atoms with van der Waals surface area (Å²) < 4.78 is 5.76. The van der Waals surface area contributed by atoms with Crippen molar-refractivity contribution in [2.75, 3.05) is 6.61 Å². The van der Waals surface area contributed by atoms with Crippen molar-refractivity contribution in [3.63, 3.8) is 0 Å². The van der Waals surface area contributed by atoms with Gasteiger partial charge < -0.3 is 9.84 Å². The van der Waals surface area contributed by atoms with Gasteiger partial charge in [-0.05, 0) is 43.9 Å². The molecule has 1 N–H and O–H groups in total. The molecule has 2 aliphatic carbocycles.